The molecule has 0 saturated heterocycles. The van der Waals surface area contributed by atoms with Crippen molar-refractivity contribution in [2.45, 2.75) is 33.7 Å². The molecule has 1 aromatic heterocycles. The summed E-state index contributed by atoms with van der Waals surface area (Å²) < 4.78 is 13.8. The van der Waals surface area contributed by atoms with Gasteiger partial charge in [-0.05, 0) is 19.3 Å². The lowest BCUT2D eigenvalue weighted by Crippen LogP contribution is -2.07. The van der Waals surface area contributed by atoms with Crippen LogP contribution in [0, 0.1) is 12.8 Å². The van der Waals surface area contributed by atoms with Crippen LogP contribution in [-0.4, -0.2) is 23.0 Å². The fraction of sp³-hybridized carbons (Fsp3) is 0.727. The van der Waals surface area contributed by atoms with Crippen LogP contribution in [0.15, 0.2) is 6.20 Å². The van der Waals surface area contributed by atoms with Gasteiger partial charge in [-0.15, -0.1) is 0 Å². The Kier molecular flexibility index (Phi) is 4.59. The molecule has 0 spiro atoms. The first-order valence-electron chi connectivity index (χ1n) is 5.47. The third kappa shape index (κ3) is 3.53. The number of alkyl halides is 1. The molecular weight excluding hydrogens is 193 g/mol. The van der Waals surface area contributed by atoms with Crippen molar-refractivity contribution in [3.63, 3.8) is 0 Å². The third-order valence-electron chi connectivity index (χ3n) is 2.44. The highest BCUT2D eigenvalue weighted by atomic mass is 19.1. The largest absolute Gasteiger partial charge is 0.382 e. The first kappa shape index (κ1) is 12.0. The van der Waals surface area contributed by atoms with Crippen LogP contribution in [0.2, 0.25) is 0 Å². The van der Waals surface area contributed by atoms with Gasteiger partial charge in [0.1, 0.15) is 6.67 Å². The number of anilines is 1. The summed E-state index contributed by atoms with van der Waals surface area (Å²) in [5.41, 5.74) is 2.03. The van der Waals surface area contributed by atoms with Crippen molar-refractivity contribution < 1.29 is 4.39 Å². The van der Waals surface area contributed by atoms with E-state index in [-0.39, 0.29) is 6.67 Å². The lowest BCUT2D eigenvalue weighted by molar-refractivity contribution is 0.423. The molecule has 0 fully saturated rings. The van der Waals surface area contributed by atoms with Gasteiger partial charge in [-0.25, -0.2) is 4.39 Å². The maximum Gasteiger partial charge on any atom is 0.109 e. The first-order chi connectivity index (χ1) is 7.15. The van der Waals surface area contributed by atoms with E-state index in [1.54, 1.807) is 10.9 Å². The normalized spacial score (nSPS) is 11.0. The number of aryl methyl sites for hydroxylation is 1. The van der Waals surface area contributed by atoms with Gasteiger partial charge < -0.3 is 5.32 Å². The van der Waals surface area contributed by atoms with Gasteiger partial charge in [0.05, 0.1) is 24.1 Å². The quantitative estimate of drug-likeness (QED) is 0.787. The summed E-state index contributed by atoms with van der Waals surface area (Å²) in [4.78, 5) is 0. The van der Waals surface area contributed by atoms with Crippen LogP contribution in [0.5, 0.6) is 0 Å². The van der Waals surface area contributed by atoms with Crippen LogP contribution in [-0.2, 0) is 6.54 Å². The van der Waals surface area contributed by atoms with Gasteiger partial charge in [0.25, 0.3) is 0 Å². The minimum Gasteiger partial charge on any atom is -0.382 e. The van der Waals surface area contributed by atoms with Crippen LogP contribution in [0.4, 0.5) is 10.1 Å². The van der Waals surface area contributed by atoms with Gasteiger partial charge in [0, 0.05) is 6.54 Å². The molecule has 1 heterocycles. The van der Waals surface area contributed by atoms with E-state index in [9.17, 15) is 4.39 Å². The number of hydrogen-bond donors (Lipinski definition) is 1. The van der Waals surface area contributed by atoms with Crippen molar-refractivity contribution >= 4 is 5.69 Å². The maximum absolute atomic E-state index is 12.1. The van der Waals surface area contributed by atoms with Crippen LogP contribution in [0.25, 0.3) is 0 Å². The second-order valence-corrected chi connectivity index (χ2v) is 4.17. The molecule has 86 valence electrons. The minimum atomic E-state index is -0.367. The minimum absolute atomic E-state index is 0.345. The summed E-state index contributed by atoms with van der Waals surface area (Å²) in [5, 5.41) is 7.43. The molecule has 1 N–H and O–H groups in total. The summed E-state index contributed by atoms with van der Waals surface area (Å²) >= 11 is 0. The van der Waals surface area contributed by atoms with Gasteiger partial charge in [-0.1, -0.05) is 13.8 Å². The Bertz CT molecular complexity index is 294. The van der Waals surface area contributed by atoms with E-state index >= 15 is 0 Å². The lowest BCUT2D eigenvalue weighted by atomic mass is 10.1. The summed E-state index contributed by atoms with van der Waals surface area (Å²) in [7, 11) is 0. The molecule has 0 aliphatic rings. The van der Waals surface area contributed by atoms with E-state index in [0.717, 1.165) is 24.3 Å². The van der Waals surface area contributed by atoms with E-state index in [2.05, 4.69) is 24.3 Å². The molecule has 0 bridgehead atoms. The predicted molar refractivity (Wildman–Crippen MR) is 60.9 cm³/mol. The van der Waals surface area contributed by atoms with E-state index in [1.807, 2.05) is 6.92 Å². The van der Waals surface area contributed by atoms with Crippen LogP contribution in [0.3, 0.4) is 0 Å². The molecule has 1 aromatic rings. The lowest BCUT2D eigenvalue weighted by Gasteiger charge is -2.08. The Morgan fingerprint density at radius 1 is 1.53 bits per heavy atom. The zero-order valence-corrected chi connectivity index (χ0v) is 9.76. The standard InChI is InChI=1S/C11H20FN3/c1-9(2)4-6-13-11-8-14-15(7-5-12)10(11)3/h8-9,13H,4-7H2,1-3H3. The van der Waals surface area contributed by atoms with Crippen molar-refractivity contribution in [3.8, 4) is 0 Å². The number of hydrogen-bond acceptors (Lipinski definition) is 2. The zero-order chi connectivity index (χ0) is 11.3. The Morgan fingerprint density at radius 2 is 2.27 bits per heavy atom. The second-order valence-electron chi connectivity index (χ2n) is 4.17. The van der Waals surface area contributed by atoms with Crippen molar-refractivity contribution in [2.75, 3.05) is 18.5 Å². The highest BCUT2D eigenvalue weighted by molar-refractivity contribution is 5.45. The van der Waals surface area contributed by atoms with E-state index < -0.39 is 0 Å². The molecule has 1 rings (SSSR count). The number of nitrogens with zero attached hydrogens (tertiary/aromatic N) is 2. The molecule has 0 saturated carbocycles. The molecule has 0 radical (unpaired) electrons. The predicted octanol–water partition coefficient (Wildman–Crippen LogP) is 2.62. The molecule has 4 heteroatoms. The SMILES string of the molecule is Cc1c(NCCC(C)C)cnn1CCF. The average molecular weight is 213 g/mol. The zero-order valence-electron chi connectivity index (χ0n) is 9.76. The van der Waals surface area contributed by atoms with Crippen molar-refractivity contribution in [1.29, 1.82) is 0 Å². The molecule has 3 nitrogen and oxygen atoms in total. The summed E-state index contributed by atoms with van der Waals surface area (Å²) in [6.45, 7) is 7.27. The Morgan fingerprint density at radius 3 is 2.87 bits per heavy atom. The van der Waals surface area contributed by atoms with Gasteiger partial charge in [0.2, 0.25) is 0 Å². The fourth-order valence-corrected chi connectivity index (χ4v) is 1.42. The van der Waals surface area contributed by atoms with Crippen molar-refractivity contribution in [2.24, 2.45) is 5.92 Å². The molecular formula is C11H20FN3. The maximum atomic E-state index is 12.1. The fourth-order valence-electron chi connectivity index (χ4n) is 1.42. The van der Waals surface area contributed by atoms with E-state index in [1.165, 1.54) is 0 Å². The van der Waals surface area contributed by atoms with Crippen LogP contribution < -0.4 is 5.32 Å². The summed E-state index contributed by atoms with van der Waals surface area (Å²) in [6.07, 6.45) is 2.90. The number of rotatable bonds is 6. The van der Waals surface area contributed by atoms with Gasteiger partial charge in [-0.2, -0.15) is 5.10 Å². The van der Waals surface area contributed by atoms with Crippen LogP contribution >= 0.6 is 0 Å². The van der Waals surface area contributed by atoms with Gasteiger partial charge in [0.15, 0.2) is 0 Å². The molecule has 0 amide bonds. The highest BCUT2D eigenvalue weighted by Crippen LogP contribution is 2.13. The topological polar surface area (TPSA) is 29.9 Å². The number of aromatic nitrogens is 2. The molecule has 0 aliphatic carbocycles. The summed E-state index contributed by atoms with van der Waals surface area (Å²) in [5.74, 6) is 0.693. The molecule has 15 heavy (non-hydrogen) atoms. The van der Waals surface area contributed by atoms with Gasteiger partial charge >= 0.3 is 0 Å². The Hall–Kier alpha value is -1.06. The van der Waals surface area contributed by atoms with E-state index in [4.69, 9.17) is 0 Å². The Balaban J connectivity index is 2.47. The summed E-state index contributed by atoms with van der Waals surface area (Å²) in [6, 6.07) is 0. The highest BCUT2D eigenvalue weighted by Gasteiger charge is 2.05. The van der Waals surface area contributed by atoms with Gasteiger partial charge in [-0.3, -0.25) is 4.68 Å². The Labute approximate surface area is 90.7 Å². The molecule has 0 atom stereocenters. The monoisotopic (exact) mass is 213 g/mol. The second kappa shape index (κ2) is 5.73. The van der Waals surface area contributed by atoms with E-state index in [0.29, 0.717) is 12.5 Å². The number of halogens is 1. The molecule has 0 unspecified atom stereocenters. The first-order valence-corrected chi connectivity index (χ1v) is 5.47. The van der Waals surface area contributed by atoms with Crippen molar-refractivity contribution in [3.05, 3.63) is 11.9 Å². The van der Waals surface area contributed by atoms with Crippen molar-refractivity contribution in [1.82, 2.24) is 9.78 Å². The number of nitrogens with one attached hydrogen (secondary N) is 1. The average Bonchev–Trinajstić information content (AvgIpc) is 2.50. The third-order valence-corrected chi connectivity index (χ3v) is 2.44. The molecule has 0 aliphatic heterocycles. The molecule has 0 aromatic carbocycles. The smallest absolute Gasteiger partial charge is 0.109 e. The van der Waals surface area contributed by atoms with Crippen LogP contribution in [0.1, 0.15) is 26.0 Å².